The smallest absolute Gasteiger partial charge is 0.167 e. The van der Waals surface area contributed by atoms with E-state index in [-0.39, 0.29) is 0 Å². The van der Waals surface area contributed by atoms with Gasteiger partial charge in [0.2, 0.25) is 0 Å². The summed E-state index contributed by atoms with van der Waals surface area (Å²) in [4.78, 5) is 15.8. The van der Waals surface area contributed by atoms with Crippen molar-refractivity contribution in [2.24, 2.45) is 0 Å². The Morgan fingerprint density at radius 1 is 0.415 bits per heavy atom. The maximum atomic E-state index is 6.56. The van der Waals surface area contributed by atoms with Crippen LogP contribution >= 0.6 is 0 Å². The Bertz CT molecular complexity index is 4150. The van der Waals surface area contributed by atoms with Gasteiger partial charge in [-0.05, 0) is 100 Å². The lowest BCUT2D eigenvalue weighted by atomic mass is 9.86. The monoisotopic (exact) mass is 832 g/mol. The molecule has 304 valence electrons. The molecule has 0 saturated heterocycles. The first-order chi connectivity index (χ1) is 32.2. The predicted octanol–water partition coefficient (Wildman–Crippen LogP) is 15.3. The summed E-state index contributed by atoms with van der Waals surface area (Å²) in [6.45, 7) is 0. The van der Waals surface area contributed by atoms with E-state index < -0.39 is 0 Å². The lowest BCUT2D eigenvalue weighted by Crippen LogP contribution is -2.07. The lowest BCUT2D eigenvalue weighted by Gasteiger charge is -2.21. The van der Waals surface area contributed by atoms with Crippen molar-refractivity contribution >= 4 is 81.9 Å². The number of aromatic nitrogens is 4. The normalized spacial score (nSPS) is 12.9. The number of benzene rings is 9. The number of allylic oxidation sites excluding steroid dienone is 1. The zero-order valence-corrected chi connectivity index (χ0v) is 35.0. The number of furan rings is 2. The Morgan fingerprint density at radius 2 is 1.05 bits per heavy atom. The van der Waals surface area contributed by atoms with Crippen molar-refractivity contribution in [3.05, 3.63) is 211 Å². The summed E-state index contributed by atoms with van der Waals surface area (Å²) in [5.74, 6) is 1.64. The molecule has 0 fully saturated rings. The number of hydrogen-bond donors (Lipinski definition) is 0. The lowest BCUT2D eigenvalue weighted by molar-refractivity contribution is 0.668. The van der Waals surface area contributed by atoms with E-state index in [9.17, 15) is 0 Å². The second-order valence-electron chi connectivity index (χ2n) is 17.0. The van der Waals surface area contributed by atoms with E-state index in [2.05, 4.69) is 144 Å². The number of rotatable bonds is 5. The molecule has 0 radical (unpaired) electrons. The molecule has 4 aromatic heterocycles. The van der Waals surface area contributed by atoms with Gasteiger partial charge in [0.25, 0.3) is 0 Å². The number of para-hydroxylation sites is 4. The average Bonchev–Trinajstić information content (AvgIpc) is 4.06. The molecule has 0 saturated carbocycles. The minimum Gasteiger partial charge on any atom is -0.456 e. The molecule has 4 heterocycles. The number of fused-ring (bicyclic) bond motifs is 12. The van der Waals surface area contributed by atoms with Crippen molar-refractivity contribution in [3.63, 3.8) is 0 Å². The van der Waals surface area contributed by atoms with E-state index in [1.54, 1.807) is 0 Å². The van der Waals surface area contributed by atoms with E-state index in [0.717, 1.165) is 79.1 Å². The maximum Gasteiger partial charge on any atom is 0.167 e. The minimum atomic E-state index is 0.530. The topological polar surface area (TPSA) is 69.9 Å². The van der Waals surface area contributed by atoms with Crippen LogP contribution in [0, 0.1) is 0 Å². The Kier molecular flexibility index (Phi) is 7.71. The third kappa shape index (κ3) is 5.50. The van der Waals surface area contributed by atoms with Gasteiger partial charge in [-0.15, -0.1) is 0 Å². The van der Waals surface area contributed by atoms with Crippen molar-refractivity contribution in [2.45, 2.75) is 12.8 Å². The van der Waals surface area contributed by atoms with E-state index in [1.165, 1.54) is 54.8 Å². The molecule has 0 aliphatic heterocycles. The fraction of sp³-hybridized carbons (Fsp3) is 0.0339. The second kappa shape index (κ2) is 13.9. The molecule has 0 amide bonds. The van der Waals surface area contributed by atoms with Crippen molar-refractivity contribution in [2.75, 3.05) is 0 Å². The SMILES string of the molecule is C1=C(c2cc3ccccc3c3ccccc23)c2c(c3ccccc3n2-c2cccc(-c3nc(-c4ccc5c(c4)oc4ccccc45)nc(-c4cccc5c4oc4ccccc45)n3)c2)CC1. The van der Waals surface area contributed by atoms with Crippen LogP contribution in [0.4, 0.5) is 0 Å². The number of nitrogens with zero attached hydrogens (tertiary/aromatic N) is 4. The zero-order valence-electron chi connectivity index (χ0n) is 35.0. The van der Waals surface area contributed by atoms with Gasteiger partial charge >= 0.3 is 0 Å². The van der Waals surface area contributed by atoms with Gasteiger partial charge in [0.15, 0.2) is 17.5 Å². The highest BCUT2D eigenvalue weighted by atomic mass is 16.3. The van der Waals surface area contributed by atoms with Crippen molar-refractivity contribution in [1.29, 1.82) is 0 Å². The highest BCUT2D eigenvalue weighted by Crippen LogP contribution is 2.44. The van der Waals surface area contributed by atoms with Crippen LogP contribution in [0.1, 0.15) is 23.2 Å². The maximum absolute atomic E-state index is 6.56. The molecule has 0 N–H and O–H groups in total. The Balaban J connectivity index is 0.982. The van der Waals surface area contributed by atoms with Crippen LogP contribution in [0.25, 0.3) is 122 Å². The molecule has 0 spiro atoms. The second-order valence-corrected chi connectivity index (χ2v) is 17.0. The first kappa shape index (κ1) is 35.9. The zero-order chi connectivity index (χ0) is 42.6. The summed E-state index contributed by atoms with van der Waals surface area (Å²) in [6, 6.07) is 66.1. The molecule has 1 aliphatic rings. The standard InChI is InChI=1S/C59H36N4O2/c1-2-17-39-35(14-1)33-50(41-19-4-3-18-40(39)41)47-24-12-23-46-42-20-5-8-27-51(42)63(55(46)47)38-16-11-15-36(32-38)57-60-58(37-30-31-45-43-21-6-9-28-52(43)64-54(45)34-37)62-59(61-57)49-26-13-25-48-44-22-7-10-29-53(44)65-56(48)49/h1-11,13-22,24-34H,12,23H2. The molecule has 0 bridgehead atoms. The fourth-order valence-electron chi connectivity index (χ4n) is 10.4. The molecule has 14 rings (SSSR count). The minimum absolute atomic E-state index is 0.530. The molecule has 6 heteroatoms. The summed E-state index contributed by atoms with van der Waals surface area (Å²) in [7, 11) is 0. The molecule has 65 heavy (non-hydrogen) atoms. The van der Waals surface area contributed by atoms with Gasteiger partial charge in [-0.3, -0.25) is 0 Å². The third-order valence-corrected chi connectivity index (χ3v) is 13.3. The predicted molar refractivity (Wildman–Crippen MR) is 264 cm³/mol. The Morgan fingerprint density at radius 3 is 1.89 bits per heavy atom. The van der Waals surface area contributed by atoms with Crippen LogP contribution in [0.5, 0.6) is 0 Å². The van der Waals surface area contributed by atoms with Crippen molar-refractivity contribution in [1.82, 2.24) is 19.5 Å². The molecule has 6 nitrogen and oxygen atoms in total. The van der Waals surface area contributed by atoms with E-state index in [0.29, 0.717) is 17.5 Å². The average molecular weight is 833 g/mol. The van der Waals surface area contributed by atoms with Crippen molar-refractivity contribution in [3.8, 4) is 39.9 Å². The first-order valence-electron chi connectivity index (χ1n) is 22.1. The molecular formula is C59H36N4O2. The third-order valence-electron chi connectivity index (χ3n) is 13.3. The largest absolute Gasteiger partial charge is 0.456 e. The van der Waals surface area contributed by atoms with Gasteiger partial charge in [-0.25, -0.2) is 15.0 Å². The van der Waals surface area contributed by atoms with Crippen LogP contribution < -0.4 is 0 Å². The van der Waals surface area contributed by atoms with Gasteiger partial charge in [0.05, 0.1) is 16.8 Å². The fourth-order valence-corrected chi connectivity index (χ4v) is 10.4. The quantitative estimate of drug-likeness (QED) is 0.162. The van der Waals surface area contributed by atoms with E-state index in [4.69, 9.17) is 23.8 Å². The number of hydrogen-bond acceptors (Lipinski definition) is 5. The summed E-state index contributed by atoms with van der Waals surface area (Å²) in [5, 5.41) is 10.5. The highest BCUT2D eigenvalue weighted by Gasteiger charge is 2.27. The van der Waals surface area contributed by atoms with Gasteiger partial charge in [-0.2, -0.15) is 0 Å². The Labute approximate surface area is 372 Å². The first-order valence-corrected chi connectivity index (χ1v) is 22.1. The summed E-state index contributed by atoms with van der Waals surface area (Å²) < 4.78 is 15.4. The van der Waals surface area contributed by atoms with Gasteiger partial charge in [0, 0.05) is 49.3 Å². The summed E-state index contributed by atoms with van der Waals surface area (Å²) in [6.07, 6.45) is 4.37. The van der Waals surface area contributed by atoms with E-state index in [1.807, 2.05) is 54.6 Å². The highest BCUT2D eigenvalue weighted by molar-refractivity contribution is 6.14. The van der Waals surface area contributed by atoms with Gasteiger partial charge in [0.1, 0.15) is 22.3 Å². The summed E-state index contributed by atoms with van der Waals surface area (Å²) in [5.41, 5.74) is 13.0. The molecule has 9 aromatic carbocycles. The van der Waals surface area contributed by atoms with Gasteiger partial charge < -0.3 is 13.4 Å². The molecule has 13 aromatic rings. The molecule has 0 unspecified atom stereocenters. The van der Waals surface area contributed by atoms with Crippen LogP contribution in [0.3, 0.4) is 0 Å². The Hall–Kier alpha value is -8.61. The van der Waals surface area contributed by atoms with Crippen LogP contribution in [0.2, 0.25) is 0 Å². The van der Waals surface area contributed by atoms with E-state index >= 15 is 0 Å². The van der Waals surface area contributed by atoms with Crippen LogP contribution in [-0.4, -0.2) is 19.5 Å². The van der Waals surface area contributed by atoms with Crippen LogP contribution in [-0.2, 0) is 6.42 Å². The van der Waals surface area contributed by atoms with Gasteiger partial charge in [-0.1, -0.05) is 140 Å². The number of aryl methyl sites for hydroxylation is 1. The van der Waals surface area contributed by atoms with Crippen molar-refractivity contribution < 1.29 is 8.83 Å². The van der Waals surface area contributed by atoms with Crippen LogP contribution in [0.15, 0.2) is 203 Å². The molecule has 1 aliphatic carbocycles. The molecular weight excluding hydrogens is 797 g/mol. The molecule has 0 atom stereocenters. The summed E-state index contributed by atoms with van der Waals surface area (Å²) >= 11 is 0.